The van der Waals surface area contributed by atoms with Crippen LogP contribution in [0.2, 0.25) is 0 Å². The number of likely N-dealkylation sites (tertiary alicyclic amines) is 1. The van der Waals surface area contributed by atoms with E-state index in [0.717, 1.165) is 75.3 Å². The van der Waals surface area contributed by atoms with Gasteiger partial charge in [-0.3, -0.25) is 4.90 Å². The van der Waals surface area contributed by atoms with Crippen LogP contribution in [0.1, 0.15) is 84.9 Å². The molecular weight excluding hydrogens is 458 g/mol. The fourth-order valence-corrected chi connectivity index (χ4v) is 4.59. The van der Waals surface area contributed by atoms with Gasteiger partial charge in [0.05, 0.1) is 6.61 Å². The van der Waals surface area contributed by atoms with E-state index in [0.29, 0.717) is 25.5 Å². The minimum Gasteiger partial charge on any atom is -0.444 e. The highest BCUT2D eigenvalue weighted by Gasteiger charge is 2.30. The summed E-state index contributed by atoms with van der Waals surface area (Å²) in [5.41, 5.74) is 1.04. The highest BCUT2D eigenvalue weighted by molar-refractivity contribution is 5.88. The van der Waals surface area contributed by atoms with Crippen molar-refractivity contribution in [2.45, 2.75) is 97.7 Å². The molecule has 1 aromatic heterocycles. The molecule has 1 atom stereocenters. The summed E-state index contributed by atoms with van der Waals surface area (Å²) in [6.07, 6.45) is 6.27. The first kappa shape index (κ1) is 28.2. The lowest BCUT2D eigenvalue weighted by Crippen LogP contribution is -2.40. The maximum absolute atomic E-state index is 12.7. The van der Waals surface area contributed by atoms with Gasteiger partial charge in [-0.25, -0.2) is 14.6 Å². The zero-order valence-electron chi connectivity index (χ0n) is 23.1. The van der Waals surface area contributed by atoms with Crippen molar-refractivity contribution >= 4 is 18.0 Å². The fraction of sp³-hybridized carbons (Fsp3) is 0.750. The number of ether oxygens (including phenoxy) is 3. The Morgan fingerprint density at radius 1 is 0.972 bits per heavy atom. The standard InChI is InChI=1S/C28H45N3O5/c1-27(2,3)35-25(32)30-17-14-21(20-30)10-7-8-18-34-19-15-23-13-12-22-11-9-16-31(24(22)29-23)26(33)36-28(4,5)6/h12-13,21H,7-11,14-20H2,1-6H3/t21-/m1/s1. The third kappa shape index (κ3) is 8.95. The largest absolute Gasteiger partial charge is 0.444 e. The number of nitrogens with zero attached hydrogens (tertiary/aromatic N) is 3. The topological polar surface area (TPSA) is 81.2 Å². The quantitative estimate of drug-likeness (QED) is 0.420. The molecule has 2 aliphatic heterocycles. The van der Waals surface area contributed by atoms with Gasteiger partial charge in [0.2, 0.25) is 0 Å². The summed E-state index contributed by atoms with van der Waals surface area (Å²) in [5, 5.41) is 0. The number of hydrogen-bond donors (Lipinski definition) is 0. The molecule has 36 heavy (non-hydrogen) atoms. The predicted octanol–water partition coefficient (Wildman–Crippen LogP) is 5.76. The summed E-state index contributed by atoms with van der Waals surface area (Å²) in [7, 11) is 0. The molecule has 0 spiro atoms. The molecule has 1 aromatic rings. The molecule has 0 aliphatic carbocycles. The SMILES string of the molecule is CC(C)(C)OC(=O)N1CC[C@@H](CCCCOCCc2ccc3c(n2)N(C(=O)OC(C)(C)C)CCC3)C1. The van der Waals surface area contributed by atoms with Crippen LogP contribution in [0.4, 0.5) is 15.4 Å². The van der Waals surface area contributed by atoms with E-state index in [-0.39, 0.29) is 12.2 Å². The molecule has 0 N–H and O–H groups in total. The normalized spacial score (nSPS) is 18.2. The van der Waals surface area contributed by atoms with Gasteiger partial charge in [-0.15, -0.1) is 0 Å². The molecule has 3 heterocycles. The van der Waals surface area contributed by atoms with Gasteiger partial charge in [0.1, 0.15) is 17.0 Å². The van der Waals surface area contributed by atoms with Crippen molar-refractivity contribution in [3.63, 3.8) is 0 Å². The van der Waals surface area contributed by atoms with E-state index in [1.165, 1.54) is 0 Å². The fourth-order valence-electron chi connectivity index (χ4n) is 4.59. The van der Waals surface area contributed by atoms with Crippen LogP contribution in [0, 0.1) is 5.92 Å². The maximum atomic E-state index is 12.7. The zero-order chi connectivity index (χ0) is 26.3. The number of pyridine rings is 1. The zero-order valence-corrected chi connectivity index (χ0v) is 23.1. The average molecular weight is 504 g/mol. The number of anilines is 1. The van der Waals surface area contributed by atoms with Crippen molar-refractivity contribution in [3.05, 3.63) is 23.4 Å². The van der Waals surface area contributed by atoms with Gasteiger partial charge in [0.25, 0.3) is 0 Å². The van der Waals surface area contributed by atoms with Crippen LogP contribution in [0.5, 0.6) is 0 Å². The number of aromatic nitrogens is 1. The number of hydrogen-bond acceptors (Lipinski definition) is 6. The van der Waals surface area contributed by atoms with Gasteiger partial charge in [-0.05, 0) is 91.2 Å². The number of rotatable bonds is 8. The van der Waals surface area contributed by atoms with E-state index in [9.17, 15) is 9.59 Å². The van der Waals surface area contributed by atoms with Crippen molar-refractivity contribution in [2.75, 3.05) is 37.7 Å². The van der Waals surface area contributed by atoms with Gasteiger partial charge >= 0.3 is 12.2 Å². The van der Waals surface area contributed by atoms with Crippen molar-refractivity contribution in [3.8, 4) is 0 Å². The van der Waals surface area contributed by atoms with E-state index in [1.54, 1.807) is 4.90 Å². The summed E-state index contributed by atoms with van der Waals surface area (Å²) >= 11 is 0. The molecule has 1 fully saturated rings. The van der Waals surface area contributed by atoms with Crippen LogP contribution >= 0.6 is 0 Å². The lowest BCUT2D eigenvalue weighted by atomic mass is 10.0. The first-order chi connectivity index (χ1) is 16.9. The summed E-state index contributed by atoms with van der Waals surface area (Å²) in [6, 6.07) is 4.12. The molecule has 0 aromatic carbocycles. The average Bonchev–Trinajstić information content (AvgIpc) is 3.25. The molecule has 8 nitrogen and oxygen atoms in total. The van der Waals surface area contributed by atoms with Gasteiger partial charge in [0.15, 0.2) is 0 Å². The number of carbonyl (C=O) groups excluding carboxylic acids is 2. The maximum Gasteiger partial charge on any atom is 0.416 e. The number of aryl methyl sites for hydroxylation is 1. The van der Waals surface area contributed by atoms with Crippen molar-refractivity contribution < 1.29 is 23.8 Å². The molecule has 3 rings (SSSR count). The molecule has 0 unspecified atom stereocenters. The highest BCUT2D eigenvalue weighted by Crippen LogP contribution is 2.27. The van der Waals surface area contributed by atoms with E-state index < -0.39 is 11.2 Å². The summed E-state index contributed by atoms with van der Waals surface area (Å²) in [5.74, 6) is 1.27. The molecule has 1 saturated heterocycles. The second kappa shape index (κ2) is 12.3. The van der Waals surface area contributed by atoms with E-state index in [1.807, 2.05) is 52.5 Å². The molecule has 2 amide bonds. The molecule has 0 bridgehead atoms. The second-order valence-electron chi connectivity index (χ2n) is 12.0. The third-order valence-corrected chi connectivity index (χ3v) is 6.30. The Hall–Kier alpha value is -2.35. The minimum atomic E-state index is -0.532. The Bertz CT molecular complexity index is 890. The first-order valence-electron chi connectivity index (χ1n) is 13.5. The molecular formula is C28H45N3O5. The molecule has 2 aliphatic rings. The van der Waals surface area contributed by atoms with Crippen LogP contribution in [0.3, 0.4) is 0 Å². The first-order valence-corrected chi connectivity index (χ1v) is 13.5. The Kier molecular flexibility index (Phi) is 9.61. The molecule has 0 saturated carbocycles. The molecule has 0 radical (unpaired) electrons. The van der Waals surface area contributed by atoms with Crippen molar-refractivity contribution in [1.29, 1.82) is 0 Å². The third-order valence-electron chi connectivity index (χ3n) is 6.30. The molecule has 202 valence electrons. The Morgan fingerprint density at radius 2 is 1.69 bits per heavy atom. The van der Waals surface area contributed by atoms with Crippen LogP contribution < -0.4 is 4.90 Å². The minimum absolute atomic E-state index is 0.196. The summed E-state index contributed by atoms with van der Waals surface area (Å²) in [4.78, 5) is 33.2. The van der Waals surface area contributed by atoms with Gasteiger partial charge in [0, 0.05) is 38.4 Å². The van der Waals surface area contributed by atoms with E-state index in [2.05, 4.69) is 6.07 Å². The highest BCUT2D eigenvalue weighted by atomic mass is 16.6. The van der Waals surface area contributed by atoms with Gasteiger partial charge in [-0.2, -0.15) is 0 Å². The Balaban J connectivity index is 1.34. The van der Waals surface area contributed by atoms with Crippen molar-refractivity contribution in [2.24, 2.45) is 5.92 Å². The molecule has 8 heteroatoms. The second-order valence-corrected chi connectivity index (χ2v) is 12.0. The lowest BCUT2D eigenvalue weighted by molar-refractivity contribution is 0.0286. The van der Waals surface area contributed by atoms with Crippen LogP contribution in [0.25, 0.3) is 0 Å². The van der Waals surface area contributed by atoms with E-state index >= 15 is 0 Å². The Morgan fingerprint density at radius 3 is 2.42 bits per heavy atom. The van der Waals surface area contributed by atoms with Crippen molar-refractivity contribution in [1.82, 2.24) is 9.88 Å². The lowest BCUT2D eigenvalue weighted by Gasteiger charge is -2.31. The van der Waals surface area contributed by atoms with Crippen LogP contribution in [-0.4, -0.2) is 66.1 Å². The van der Waals surface area contributed by atoms with Crippen LogP contribution in [0.15, 0.2) is 12.1 Å². The smallest absolute Gasteiger partial charge is 0.416 e. The number of fused-ring (bicyclic) bond motifs is 1. The monoisotopic (exact) mass is 503 g/mol. The van der Waals surface area contributed by atoms with E-state index in [4.69, 9.17) is 19.2 Å². The number of carbonyl (C=O) groups is 2. The Labute approximate surface area is 216 Å². The van der Waals surface area contributed by atoms with Crippen LogP contribution in [-0.2, 0) is 27.1 Å². The van der Waals surface area contributed by atoms with Gasteiger partial charge < -0.3 is 19.1 Å². The summed E-state index contributed by atoms with van der Waals surface area (Å²) < 4.78 is 16.9. The summed E-state index contributed by atoms with van der Waals surface area (Å²) in [6.45, 7) is 14.9. The number of unbranched alkanes of at least 4 members (excludes halogenated alkanes) is 1. The van der Waals surface area contributed by atoms with Gasteiger partial charge in [-0.1, -0.05) is 12.5 Å². The number of amides is 2. The predicted molar refractivity (Wildman–Crippen MR) is 140 cm³/mol.